The molecule has 5 heteroatoms. The third kappa shape index (κ3) is 3.16. The highest BCUT2D eigenvalue weighted by molar-refractivity contribution is 5.40. The summed E-state index contributed by atoms with van der Waals surface area (Å²) in [5, 5.41) is 2.89. The maximum Gasteiger partial charge on any atom is 0.390 e. The van der Waals surface area contributed by atoms with E-state index in [2.05, 4.69) is 5.32 Å². The van der Waals surface area contributed by atoms with Gasteiger partial charge in [-0.1, -0.05) is 19.1 Å². The molecule has 1 heterocycles. The fraction of sp³-hybridized carbons (Fsp3) is 0.538. The van der Waals surface area contributed by atoms with Crippen LogP contribution in [0.4, 0.5) is 13.2 Å². The van der Waals surface area contributed by atoms with Crippen LogP contribution in [0, 0.1) is 0 Å². The average Bonchev–Trinajstić information content (AvgIpc) is 2.73. The third-order valence-electron chi connectivity index (χ3n) is 3.00. The standard InChI is InChI=1S/C13H16F3NO/c1-2-17-11(8-13(14,15)16)9-3-4-12-10(7-9)5-6-18-12/h3-4,7,11,17H,2,5-6,8H2,1H3. The molecule has 1 unspecified atom stereocenters. The molecule has 1 atom stereocenters. The van der Waals surface area contributed by atoms with Crippen LogP contribution in [0.25, 0.3) is 0 Å². The van der Waals surface area contributed by atoms with Gasteiger partial charge in [0, 0.05) is 12.5 Å². The van der Waals surface area contributed by atoms with Crippen LogP contribution in [-0.4, -0.2) is 19.3 Å². The highest BCUT2D eigenvalue weighted by atomic mass is 19.4. The Morgan fingerprint density at radius 3 is 2.83 bits per heavy atom. The van der Waals surface area contributed by atoms with Gasteiger partial charge in [0.2, 0.25) is 0 Å². The normalized spacial score (nSPS) is 16.2. The summed E-state index contributed by atoms with van der Waals surface area (Å²) in [6.07, 6.45) is -4.24. The first-order chi connectivity index (χ1) is 8.49. The zero-order valence-electron chi connectivity index (χ0n) is 10.2. The molecule has 0 aliphatic carbocycles. The summed E-state index contributed by atoms with van der Waals surface area (Å²) in [5.74, 6) is 0.793. The minimum Gasteiger partial charge on any atom is -0.493 e. The van der Waals surface area contributed by atoms with Crippen molar-refractivity contribution in [3.05, 3.63) is 29.3 Å². The predicted molar refractivity (Wildman–Crippen MR) is 62.7 cm³/mol. The average molecular weight is 259 g/mol. The minimum atomic E-state index is -4.16. The SMILES string of the molecule is CCNC(CC(F)(F)F)c1ccc2c(c1)CCO2. The summed E-state index contributed by atoms with van der Waals surface area (Å²) in [6, 6.07) is 4.61. The lowest BCUT2D eigenvalue weighted by Crippen LogP contribution is -2.26. The van der Waals surface area contributed by atoms with Crippen molar-refractivity contribution in [2.45, 2.75) is 32.0 Å². The van der Waals surface area contributed by atoms with Crippen LogP contribution in [0.3, 0.4) is 0 Å². The Bertz CT molecular complexity index is 417. The van der Waals surface area contributed by atoms with E-state index in [0.29, 0.717) is 18.7 Å². The van der Waals surface area contributed by atoms with Crippen LogP contribution < -0.4 is 10.1 Å². The molecule has 2 rings (SSSR count). The lowest BCUT2D eigenvalue weighted by atomic mass is 10.00. The second-order valence-corrected chi connectivity index (χ2v) is 4.40. The van der Waals surface area contributed by atoms with Crippen molar-refractivity contribution in [3.8, 4) is 5.75 Å². The minimum absolute atomic E-state index is 0.508. The first kappa shape index (κ1) is 13.2. The topological polar surface area (TPSA) is 21.3 Å². The van der Waals surface area contributed by atoms with Gasteiger partial charge in [-0.3, -0.25) is 0 Å². The molecule has 100 valence electrons. The summed E-state index contributed by atoms with van der Waals surface area (Å²) >= 11 is 0. The summed E-state index contributed by atoms with van der Waals surface area (Å²) in [7, 11) is 0. The maximum absolute atomic E-state index is 12.5. The maximum atomic E-state index is 12.5. The molecule has 0 amide bonds. The first-order valence-electron chi connectivity index (χ1n) is 6.05. The molecule has 0 aromatic heterocycles. The van der Waals surface area contributed by atoms with Gasteiger partial charge in [0.1, 0.15) is 5.75 Å². The zero-order chi connectivity index (χ0) is 13.2. The number of alkyl halides is 3. The second kappa shape index (κ2) is 5.18. The van der Waals surface area contributed by atoms with Crippen LogP contribution in [0.1, 0.15) is 30.5 Å². The number of hydrogen-bond acceptors (Lipinski definition) is 2. The third-order valence-corrected chi connectivity index (χ3v) is 3.00. The molecule has 1 aliphatic rings. The molecule has 2 nitrogen and oxygen atoms in total. The van der Waals surface area contributed by atoms with Crippen molar-refractivity contribution in [1.82, 2.24) is 5.32 Å². The molecule has 1 aliphatic heterocycles. The molecule has 1 N–H and O–H groups in total. The van der Waals surface area contributed by atoms with Crippen LogP contribution in [0.15, 0.2) is 18.2 Å². The molecule has 0 bridgehead atoms. The lowest BCUT2D eigenvalue weighted by Gasteiger charge is -2.20. The van der Waals surface area contributed by atoms with E-state index in [1.165, 1.54) is 0 Å². The van der Waals surface area contributed by atoms with E-state index >= 15 is 0 Å². The predicted octanol–water partition coefficient (Wildman–Crippen LogP) is 3.22. The fourth-order valence-electron chi connectivity index (χ4n) is 2.21. The molecule has 1 aromatic carbocycles. The van der Waals surface area contributed by atoms with E-state index in [9.17, 15) is 13.2 Å². The van der Waals surface area contributed by atoms with Gasteiger partial charge >= 0.3 is 6.18 Å². The fourth-order valence-corrected chi connectivity index (χ4v) is 2.21. The monoisotopic (exact) mass is 259 g/mol. The Labute approximate surface area is 104 Å². The van der Waals surface area contributed by atoms with Gasteiger partial charge < -0.3 is 10.1 Å². The van der Waals surface area contributed by atoms with E-state index < -0.39 is 18.6 Å². The van der Waals surface area contributed by atoms with Crippen molar-refractivity contribution in [2.24, 2.45) is 0 Å². The number of halogens is 3. The summed E-state index contributed by atoms with van der Waals surface area (Å²) < 4.78 is 42.9. The highest BCUT2D eigenvalue weighted by Crippen LogP contribution is 2.33. The summed E-state index contributed by atoms with van der Waals surface area (Å²) in [6.45, 7) is 2.93. The van der Waals surface area contributed by atoms with Gasteiger partial charge in [-0.15, -0.1) is 0 Å². The number of benzene rings is 1. The van der Waals surface area contributed by atoms with E-state index in [1.807, 2.05) is 6.07 Å². The van der Waals surface area contributed by atoms with Crippen molar-refractivity contribution >= 4 is 0 Å². The van der Waals surface area contributed by atoms with Crippen molar-refractivity contribution < 1.29 is 17.9 Å². The van der Waals surface area contributed by atoms with Crippen LogP contribution in [0.5, 0.6) is 5.75 Å². The van der Waals surface area contributed by atoms with Gasteiger partial charge in [0.15, 0.2) is 0 Å². The molecule has 0 spiro atoms. The van der Waals surface area contributed by atoms with Gasteiger partial charge in [0.25, 0.3) is 0 Å². The van der Waals surface area contributed by atoms with E-state index in [0.717, 1.165) is 17.7 Å². The number of hydrogen-bond donors (Lipinski definition) is 1. The summed E-state index contributed by atoms with van der Waals surface area (Å²) in [4.78, 5) is 0. The molecule has 0 radical (unpaired) electrons. The van der Waals surface area contributed by atoms with Gasteiger partial charge in [-0.05, 0) is 23.7 Å². The Hall–Kier alpha value is -1.23. The lowest BCUT2D eigenvalue weighted by molar-refractivity contribution is -0.140. The largest absolute Gasteiger partial charge is 0.493 e. The Morgan fingerprint density at radius 1 is 1.39 bits per heavy atom. The summed E-state index contributed by atoms with van der Waals surface area (Å²) in [5.41, 5.74) is 1.68. The molecule has 0 fully saturated rings. The van der Waals surface area contributed by atoms with Crippen molar-refractivity contribution in [3.63, 3.8) is 0 Å². The quantitative estimate of drug-likeness (QED) is 0.896. The van der Waals surface area contributed by atoms with Crippen molar-refractivity contribution in [2.75, 3.05) is 13.2 Å². The van der Waals surface area contributed by atoms with Crippen LogP contribution >= 0.6 is 0 Å². The van der Waals surface area contributed by atoms with Gasteiger partial charge in [-0.25, -0.2) is 0 Å². The van der Waals surface area contributed by atoms with Crippen molar-refractivity contribution in [1.29, 1.82) is 0 Å². The smallest absolute Gasteiger partial charge is 0.390 e. The molecule has 0 saturated carbocycles. The Morgan fingerprint density at radius 2 is 2.17 bits per heavy atom. The van der Waals surface area contributed by atoms with Crippen LogP contribution in [0.2, 0.25) is 0 Å². The Balaban J connectivity index is 2.20. The van der Waals surface area contributed by atoms with E-state index in [1.54, 1.807) is 19.1 Å². The van der Waals surface area contributed by atoms with E-state index in [4.69, 9.17) is 4.74 Å². The molecular weight excluding hydrogens is 243 g/mol. The zero-order valence-corrected chi connectivity index (χ0v) is 10.2. The number of fused-ring (bicyclic) bond motifs is 1. The number of ether oxygens (including phenoxy) is 1. The number of rotatable bonds is 4. The number of nitrogens with one attached hydrogen (secondary N) is 1. The van der Waals surface area contributed by atoms with E-state index in [-0.39, 0.29) is 0 Å². The van der Waals surface area contributed by atoms with Crippen LogP contribution in [-0.2, 0) is 6.42 Å². The molecular formula is C13H16F3NO. The van der Waals surface area contributed by atoms with Gasteiger partial charge in [0.05, 0.1) is 13.0 Å². The molecule has 18 heavy (non-hydrogen) atoms. The van der Waals surface area contributed by atoms with Gasteiger partial charge in [-0.2, -0.15) is 13.2 Å². The highest BCUT2D eigenvalue weighted by Gasteiger charge is 2.32. The Kier molecular flexibility index (Phi) is 3.80. The molecule has 1 aromatic rings. The second-order valence-electron chi connectivity index (χ2n) is 4.40. The first-order valence-corrected chi connectivity index (χ1v) is 6.05. The molecule has 0 saturated heterocycles.